The van der Waals surface area contributed by atoms with Gasteiger partial charge in [-0.05, 0) is 25.0 Å². The number of nitrogens with zero attached hydrogens (tertiary/aromatic N) is 3. The lowest BCUT2D eigenvalue weighted by atomic mass is 10.2. The maximum atomic E-state index is 11.2. The van der Waals surface area contributed by atoms with Crippen LogP contribution < -0.4 is 15.3 Å². The number of aromatic nitrogens is 2. The molecule has 1 aliphatic heterocycles. The fraction of sp³-hybridized carbons (Fsp3) is 0.353. The van der Waals surface area contributed by atoms with Crippen LogP contribution >= 0.6 is 0 Å². The van der Waals surface area contributed by atoms with Gasteiger partial charge in [-0.1, -0.05) is 31.0 Å². The Morgan fingerprint density at radius 1 is 1.09 bits per heavy atom. The van der Waals surface area contributed by atoms with Crippen molar-refractivity contribution in [2.24, 2.45) is 0 Å². The van der Waals surface area contributed by atoms with E-state index in [1.807, 2.05) is 0 Å². The molecule has 1 N–H and O–H groups in total. The van der Waals surface area contributed by atoms with E-state index in [4.69, 9.17) is 0 Å². The number of para-hydroxylation sites is 1. The zero-order valence-electron chi connectivity index (χ0n) is 12.9. The van der Waals surface area contributed by atoms with Crippen molar-refractivity contribution in [3.05, 3.63) is 42.1 Å². The van der Waals surface area contributed by atoms with Crippen molar-refractivity contribution in [2.45, 2.75) is 25.7 Å². The van der Waals surface area contributed by atoms with Gasteiger partial charge >= 0.3 is 0 Å². The van der Waals surface area contributed by atoms with Crippen molar-refractivity contribution in [2.75, 3.05) is 23.3 Å². The van der Waals surface area contributed by atoms with Gasteiger partial charge in [-0.3, -0.25) is 0 Å². The fourth-order valence-electron chi connectivity index (χ4n) is 2.75. The Morgan fingerprint density at radius 3 is 2.57 bits per heavy atom. The Morgan fingerprint density at radius 2 is 1.83 bits per heavy atom. The number of nitrogens with one attached hydrogen (secondary N) is 1. The van der Waals surface area contributed by atoms with E-state index in [0.717, 1.165) is 25.9 Å². The molecule has 0 saturated carbocycles. The number of carbonyl (C=O) groups excluding carboxylic acids is 1. The lowest BCUT2D eigenvalue weighted by Crippen LogP contribution is -2.26. The van der Waals surface area contributed by atoms with Crippen LogP contribution in [0.1, 0.15) is 36.0 Å². The maximum Gasteiger partial charge on any atom is 0.227 e. The lowest BCUT2D eigenvalue weighted by molar-refractivity contribution is -0.254. The van der Waals surface area contributed by atoms with Crippen LogP contribution in [0, 0.1) is 0 Å². The normalized spacial score (nSPS) is 15.0. The standard InChI is InChI=1S/C17H20N4O2/c22-16(23)13-7-3-4-8-14(13)19-15-9-10-18-17(20-15)21-11-5-1-2-6-12-21/h3-4,7-10H,1-2,5-6,11-12H2,(H,22,23)(H,18,19,20)/p-1. The number of hydrogen-bond donors (Lipinski definition) is 1. The van der Waals surface area contributed by atoms with Gasteiger partial charge in [0.15, 0.2) is 0 Å². The highest BCUT2D eigenvalue weighted by atomic mass is 16.4. The molecular formula is C17H19N4O2-. The maximum absolute atomic E-state index is 11.2. The minimum absolute atomic E-state index is 0.113. The molecule has 1 aromatic heterocycles. The first-order chi connectivity index (χ1) is 11.2. The van der Waals surface area contributed by atoms with Gasteiger partial charge in [-0.2, -0.15) is 4.98 Å². The minimum atomic E-state index is -1.21. The van der Waals surface area contributed by atoms with Gasteiger partial charge in [0.05, 0.1) is 5.97 Å². The van der Waals surface area contributed by atoms with Gasteiger partial charge in [-0.15, -0.1) is 0 Å². The minimum Gasteiger partial charge on any atom is -0.545 e. The summed E-state index contributed by atoms with van der Waals surface area (Å²) in [4.78, 5) is 22.2. The van der Waals surface area contributed by atoms with E-state index in [9.17, 15) is 9.90 Å². The zero-order valence-corrected chi connectivity index (χ0v) is 12.9. The summed E-state index contributed by atoms with van der Waals surface area (Å²) < 4.78 is 0. The van der Waals surface area contributed by atoms with Crippen LogP contribution in [0.2, 0.25) is 0 Å². The smallest absolute Gasteiger partial charge is 0.227 e. The Balaban J connectivity index is 1.81. The number of carbonyl (C=O) groups is 1. The van der Waals surface area contributed by atoms with Crippen LogP contribution in [0.4, 0.5) is 17.5 Å². The van der Waals surface area contributed by atoms with Gasteiger partial charge in [0.1, 0.15) is 5.82 Å². The third-order valence-electron chi connectivity index (χ3n) is 3.94. The summed E-state index contributed by atoms with van der Waals surface area (Å²) in [6.07, 6.45) is 6.47. The Hall–Kier alpha value is -2.63. The Kier molecular flexibility index (Phi) is 4.71. The second kappa shape index (κ2) is 7.09. The van der Waals surface area contributed by atoms with E-state index in [1.165, 1.54) is 18.9 Å². The number of carboxylic acid groups (broad SMARTS) is 1. The van der Waals surface area contributed by atoms with Crippen molar-refractivity contribution in [3.63, 3.8) is 0 Å². The summed E-state index contributed by atoms with van der Waals surface area (Å²) in [6, 6.07) is 8.37. The highest BCUT2D eigenvalue weighted by Gasteiger charge is 2.13. The SMILES string of the molecule is O=C([O-])c1ccccc1Nc1ccnc(N2CCCCCC2)n1. The molecule has 0 aliphatic carbocycles. The molecule has 0 atom stereocenters. The lowest BCUT2D eigenvalue weighted by Gasteiger charge is -2.20. The molecule has 2 heterocycles. The van der Waals surface area contributed by atoms with Crippen LogP contribution in [0.25, 0.3) is 0 Å². The molecule has 6 heteroatoms. The summed E-state index contributed by atoms with van der Waals surface area (Å²) in [6.45, 7) is 1.91. The highest BCUT2D eigenvalue weighted by molar-refractivity contribution is 5.93. The molecule has 23 heavy (non-hydrogen) atoms. The summed E-state index contributed by atoms with van der Waals surface area (Å²) in [7, 11) is 0. The van der Waals surface area contributed by atoms with E-state index >= 15 is 0 Å². The van der Waals surface area contributed by atoms with Crippen LogP contribution in [-0.2, 0) is 0 Å². The third kappa shape index (κ3) is 3.77. The molecule has 0 radical (unpaired) electrons. The molecule has 0 unspecified atom stereocenters. The second-order valence-corrected chi connectivity index (χ2v) is 5.60. The number of benzene rings is 1. The summed E-state index contributed by atoms with van der Waals surface area (Å²) in [5, 5.41) is 14.2. The molecular weight excluding hydrogens is 292 g/mol. The first kappa shape index (κ1) is 15.3. The van der Waals surface area contributed by atoms with Gasteiger partial charge in [-0.25, -0.2) is 4.98 Å². The number of aromatic carboxylic acids is 1. The Bertz CT molecular complexity index is 682. The number of anilines is 3. The van der Waals surface area contributed by atoms with Gasteiger partial charge in [0, 0.05) is 30.5 Å². The molecule has 6 nitrogen and oxygen atoms in total. The summed E-state index contributed by atoms with van der Waals surface area (Å²) in [5.74, 6) is 0.0469. The average molecular weight is 311 g/mol. The van der Waals surface area contributed by atoms with Crippen LogP contribution in [0.3, 0.4) is 0 Å². The van der Waals surface area contributed by atoms with E-state index < -0.39 is 5.97 Å². The summed E-state index contributed by atoms with van der Waals surface area (Å²) in [5.41, 5.74) is 0.579. The van der Waals surface area contributed by atoms with Crippen molar-refractivity contribution in [1.82, 2.24) is 9.97 Å². The van der Waals surface area contributed by atoms with E-state index in [0.29, 0.717) is 17.5 Å². The first-order valence-electron chi connectivity index (χ1n) is 7.89. The zero-order chi connectivity index (χ0) is 16.1. The van der Waals surface area contributed by atoms with Crippen molar-refractivity contribution in [1.29, 1.82) is 0 Å². The predicted octanol–water partition coefficient (Wildman–Crippen LogP) is 1.96. The number of carboxylic acids is 1. The first-order valence-corrected chi connectivity index (χ1v) is 7.89. The largest absolute Gasteiger partial charge is 0.545 e. The van der Waals surface area contributed by atoms with Gasteiger partial charge in [0.2, 0.25) is 5.95 Å². The van der Waals surface area contributed by atoms with Gasteiger partial charge < -0.3 is 20.1 Å². The summed E-state index contributed by atoms with van der Waals surface area (Å²) >= 11 is 0. The third-order valence-corrected chi connectivity index (χ3v) is 3.94. The Labute approximate surface area is 135 Å². The molecule has 120 valence electrons. The highest BCUT2D eigenvalue weighted by Crippen LogP contribution is 2.21. The molecule has 1 fully saturated rings. The number of hydrogen-bond acceptors (Lipinski definition) is 6. The molecule has 0 bridgehead atoms. The molecule has 2 aromatic rings. The molecule has 1 aromatic carbocycles. The molecule has 1 aliphatic rings. The molecule has 0 amide bonds. The van der Waals surface area contributed by atoms with Crippen LogP contribution in [0.15, 0.2) is 36.5 Å². The second-order valence-electron chi connectivity index (χ2n) is 5.60. The predicted molar refractivity (Wildman–Crippen MR) is 86.8 cm³/mol. The van der Waals surface area contributed by atoms with Gasteiger partial charge in [0.25, 0.3) is 0 Å². The quantitative estimate of drug-likeness (QED) is 0.929. The average Bonchev–Trinajstić information content (AvgIpc) is 2.85. The fourth-order valence-corrected chi connectivity index (χ4v) is 2.75. The molecule has 0 spiro atoms. The van der Waals surface area contributed by atoms with Crippen LogP contribution in [0.5, 0.6) is 0 Å². The topological polar surface area (TPSA) is 81.2 Å². The number of rotatable bonds is 4. The van der Waals surface area contributed by atoms with Crippen molar-refractivity contribution >= 4 is 23.4 Å². The monoisotopic (exact) mass is 311 g/mol. The van der Waals surface area contributed by atoms with E-state index in [-0.39, 0.29) is 5.56 Å². The molecule has 1 saturated heterocycles. The van der Waals surface area contributed by atoms with E-state index in [2.05, 4.69) is 20.2 Å². The van der Waals surface area contributed by atoms with Crippen LogP contribution in [-0.4, -0.2) is 29.0 Å². The van der Waals surface area contributed by atoms with Crippen molar-refractivity contribution < 1.29 is 9.90 Å². The molecule has 3 rings (SSSR count). The van der Waals surface area contributed by atoms with E-state index in [1.54, 1.807) is 30.5 Å². The van der Waals surface area contributed by atoms with Crippen molar-refractivity contribution in [3.8, 4) is 0 Å².